The summed E-state index contributed by atoms with van der Waals surface area (Å²) in [5, 5.41) is 6.24. The third-order valence-corrected chi connectivity index (χ3v) is 3.19. The predicted molar refractivity (Wildman–Crippen MR) is 72.3 cm³/mol. The lowest BCUT2D eigenvalue weighted by Crippen LogP contribution is -2.47. The highest BCUT2D eigenvalue weighted by Crippen LogP contribution is 2.02. The molecule has 4 heteroatoms. The van der Waals surface area contributed by atoms with E-state index < -0.39 is 0 Å². The number of amides is 1. The lowest BCUT2D eigenvalue weighted by molar-refractivity contribution is -0.122. The topological polar surface area (TPSA) is 44.4 Å². The SMILES string of the molecule is Cc1ccc(CNC(=O)CN2CCNCC2)cc1. The molecule has 0 bridgehead atoms. The Morgan fingerprint density at radius 1 is 1.28 bits per heavy atom. The van der Waals surface area contributed by atoms with Crippen LogP contribution in [-0.4, -0.2) is 43.5 Å². The maximum Gasteiger partial charge on any atom is 0.234 e. The third-order valence-electron chi connectivity index (χ3n) is 3.19. The van der Waals surface area contributed by atoms with Crippen molar-refractivity contribution in [1.29, 1.82) is 0 Å². The second-order valence-electron chi connectivity index (χ2n) is 4.79. The molecule has 0 aromatic heterocycles. The molecule has 0 aliphatic carbocycles. The first kappa shape index (κ1) is 13.1. The van der Waals surface area contributed by atoms with E-state index >= 15 is 0 Å². The molecule has 98 valence electrons. The zero-order valence-electron chi connectivity index (χ0n) is 10.9. The minimum absolute atomic E-state index is 0.109. The summed E-state index contributed by atoms with van der Waals surface area (Å²) in [4.78, 5) is 14.0. The average Bonchev–Trinajstić information content (AvgIpc) is 2.39. The van der Waals surface area contributed by atoms with Gasteiger partial charge in [0, 0.05) is 32.7 Å². The van der Waals surface area contributed by atoms with E-state index in [0.29, 0.717) is 13.1 Å². The molecule has 0 atom stereocenters. The van der Waals surface area contributed by atoms with E-state index in [-0.39, 0.29) is 5.91 Å². The van der Waals surface area contributed by atoms with Gasteiger partial charge in [-0.05, 0) is 12.5 Å². The van der Waals surface area contributed by atoms with Crippen molar-refractivity contribution in [2.24, 2.45) is 0 Å². The van der Waals surface area contributed by atoms with Crippen LogP contribution in [0.3, 0.4) is 0 Å². The maximum atomic E-state index is 11.8. The van der Waals surface area contributed by atoms with Gasteiger partial charge in [0.2, 0.25) is 5.91 Å². The van der Waals surface area contributed by atoms with Crippen molar-refractivity contribution in [3.05, 3.63) is 35.4 Å². The quantitative estimate of drug-likeness (QED) is 0.815. The Hall–Kier alpha value is -1.39. The number of aryl methyl sites for hydroxylation is 1. The maximum absolute atomic E-state index is 11.8. The molecule has 0 spiro atoms. The van der Waals surface area contributed by atoms with Gasteiger partial charge in [-0.1, -0.05) is 29.8 Å². The van der Waals surface area contributed by atoms with Gasteiger partial charge in [-0.3, -0.25) is 9.69 Å². The molecule has 1 amide bonds. The predicted octanol–water partition coefficient (Wildman–Crippen LogP) is 0.516. The van der Waals surface area contributed by atoms with Crippen molar-refractivity contribution in [1.82, 2.24) is 15.5 Å². The van der Waals surface area contributed by atoms with Crippen LogP contribution in [0, 0.1) is 6.92 Å². The molecule has 1 saturated heterocycles. The van der Waals surface area contributed by atoms with E-state index in [0.717, 1.165) is 31.7 Å². The van der Waals surface area contributed by atoms with Crippen molar-refractivity contribution >= 4 is 5.91 Å². The average molecular weight is 247 g/mol. The number of carbonyl (C=O) groups excluding carboxylic acids is 1. The standard InChI is InChI=1S/C14H21N3O/c1-12-2-4-13(5-3-12)10-16-14(18)11-17-8-6-15-7-9-17/h2-5,15H,6-11H2,1H3,(H,16,18). The van der Waals surface area contributed by atoms with Crippen LogP contribution in [0.25, 0.3) is 0 Å². The van der Waals surface area contributed by atoms with Crippen molar-refractivity contribution in [3.63, 3.8) is 0 Å². The van der Waals surface area contributed by atoms with Gasteiger partial charge in [0.25, 0.3) is 0 Å². The van der Waals surface area contributed by atoms with E-state index in [1.165, 1.54) is 5.56 Å². The molecule has 1 fully saturated rings. The molecule has 0 radical (unpaired) electrons. The molecule has 1 aliphatic heterocycles. The zero-order chi connectivity index (χ0) is 12.8. The van der Waals surface area contributed by atoms with Gasteiger partial charge < -0.3 is 10.6 Å². The van der Waals surface area contributed by atoms with Gasteiger partial charge in [-0.2, -0.15) is 0 Å². The number of carbonyl (C=O) groups is 1. The third kappa shape index (κ3) is 4.13. The largest absolute Gasteiger partial charge is 0.351 e. The van der Waals surface area contributed by atoms with Gasteiger partial charge in [0.05, 0.1) is 6.54 Å². The summed E-state index contributed by atoms with van der Waals surface area (Å²) in [6.07, 6.45) is 0. The second kappa shape index (κ2) is 6.52. The number of hydrogen-bond donors (Lipinski definition) is 2. The first-order chi connectivity index (χ1) is 8.74. The molecule has 1 aliphatic rings. The Bertz CT molecular complexity index is 383. The summed E-state index contributed by atoms with van der Waals surface area (Å²) in [6, 6.07) is 8.25. The zero-order valence-corrected chi connectivity index (χ0v) is 10.9. The highest BCUT2D eigenvalue weighted by molar-refractivity contribution is 5.78. The Labute approximate surface area is 108 Å². The second-order valence-corrected chi connectivity index (χ2v) is 4.79. The van der Waals surface area contributed by atoms with Gasteiger partial charge in [0.15, 0.2) is 0 Å². The normalized spacial score (nSPS) is 16.5. The summed E-state index contributed by atoms with van der Waals surface area (Å²) in [7, 11) is 0. The van der Waals surface area contributed by atoms with Crippen LogP contribution in [0.4, 0.5) is 0 Å². The molecule has 0 saturated carbocycles. The molecule has 1 aromatic rings. The Balaban J connectivity index is 1.72. The minimum Gasteiger partial charge on any atom is -0.351 e. The fourth-order valence-corrected chi connectivity index (χ4v) is 2.03. The molecule has 2 rings (SSSR count). The van der Waals surface area contributed by atoms with Gasteiger partial charge in [0.1, 0.15) is 0 Å². The molecule has 1 aromatic carbocycles. The van der Waals surface area contributed by atoms with Crippen molar-refractivity contribution in [2.75, 3.05) is 32.7 Å². The lowest BCUT2D eigenvalue weighted by Gasteiger charge is -2.26. The summed E-state index contributed by atoms with van der Waals surface area (Å²) < 4.78 is 0. The van der Waals surface area contributed by atoms with Crippen LogP contribution in [0.1, 0.15) is 11.1 Å². The number of nitrogens with one attached hydrogen (secondary N) is 2. The van der Waals surface area contributed by atoms with Crippen LogP contribution in [0.2, 0.25) is 0 Å². The molecule has 18 heavy (non-hydrogen) atoms. The molecular formula is C14H21N3O. The number of piperazine rings is 1. The highest BCUT2D eigenvalue weighted by Gasteiger charge is 2.12. The van der Waals surface area contributed by atoms with Gasteiger partial charge in [-0.15, -0.1) is 0 Å². The highest BCUT2D eigenvalue weighted by atomic mass is 16.2. The van der Waals surface area contributed by atoms with Crippen molar-refractivity contribution in [3.8, 4) is 0 Å². The number of rotatable bonds is 4. The Morgan fingerprint density at radius 3 is 2.61 bits per heavy atom. The summed E-state index contributed by atoms with van der Waals surface area (Å²) in [5.41, 5.74) is 2.39. The van der Waals surface area contributed by atoms with Crippen LogP contribution in [0.15, 0.2) is 24.3 Å². The Morgan fingerprint density at radius 2 is 1.94 bits per heavy atom. The molecule has 4 nitrogen and oxygen atoms in total. The Kier molecular flexibility index (Phi) is 4.73. The summed E-state index contributed by atoms with van der Waals surface area (Å²) in [6.45, 7) is 7.05. The van der Waals surface area contributed by atoms with E-state index in [9.17, 15) is 4.79 Å². The van der Waals surface area contributed by atoms with E-state index in [2.05, 4.69) is 46.7 Å². The first-order valence-electron chi connectivity index (χ1n) is 6.49. The number of benzene rings is 1. The molecule has 2 N–H and O–H groups in total. The molecular weight excluding hydrogens is 226 g/mol. The summed E-state index contributed by atoms with van der Waals surface area (Å²) in [5.74, 6) is 0.109. The van der Waals surface area contributed by atoms with Crippen LogP contribution < -0.4 is 10.6 Å². The van der Waals surface area contributed by atoms with Crippen LogP contribution >= 0.6 is 0 Å². The van der Waals surface area contributed by atoms with Crippen molar-refractivity contribution in [2.45, 2.75) is 13.5 Å². The fraction of sp³-hybridized carbons (Fsp3) is 0.500. The van der Waals surface area contributed by atoms with Gasteiger partial charge >= 0.3 is 0 Å². The molecule has 1 heterocycles. The number of nitrogens with zero attached hydrogens (tertiary/aromatic N) is 1. The lowest BCUT2D eigenvalue weighted by atomic mass is 10.1. The van der Waals surface area contributed by atoms with E-state index in [4.69, 9.17) is 0 Å². The van der Waals surface area contributed by atoms with Crippen LogP contribution in [-0.2, 0) is 11.3 Å². The van der Waals surface area contributed by atoms with E-state index in [1.54, 1.807) is 0 Å². The molecule has 0 unspecified atom stereocenters. The number of hydrogen-bond acceptors (Lipinski definition) is 3. The fourth-order valence-electron chi connectivity index (χ4n) is 2.03. The van der Waals surface area contributed by atoms with Crippen molar-refractivity contribution < 1.29 is 4.79 Å². The smallest absolute Gasteiger partial charge is 0.234 e. The van der Waals surface area contributed by atoms with Gasteiger partial charge in [-0.25, -0.2) is 0 Å². The minimum atomic E-state index is 0.109. The monoisotopic (exact) mass is 247 g/mol. The van der Waals surface area contributed by atoms with Crippen LogP contribution in [0.5, 0.6) is 0 Å². The van der Waals surface area contributed by atoms with E-state index in [1.807, 2.05) is 0 Å². The summed E-state index contributed by atoms with van der Waals surface area (Å²) >= 11 is 0. The first-order valence-corrected chi connectivity index (χ1v) is 6.49.